The summed E-state index contributed by atoms with van der Waals surface area (Å²) in [6.07, 6.45) is 2.24. The van der Waals surface area contributed by atoms with Crippen LogP contribution in [-0.2, 0) is 4.79 Å². The number of hydrogen-bond donors (Lipinski definition) is 4. The first-order valence-corrected chi connectivity index (χ1v) is 13.8. The quantitative estimate of drug-likeness (QED) is 0.152. The lowest BCUT2D eigenvalue weighted by Crippen LogP contribution is -2.27. The number of aromatic hydroxyl groups is 2. The van der Waals surface area contributed by atoms with E-state index in [9.17, 15) is 15.0 Å². The SMILES string of the molecule is CCC[C@H](CN[C@@H](C)c1ccccc1)CC(=O)O.Oc1ccc2ccccc2c1-c1c(O)ccc2ccccc12. The van der Waals surface area contributed by atoms with Crippen molar-refractivity contribution in [2.24, 2.45) is 5.92 Å². The summed E-state index contributed by atoms with van der Waals surface area (Å²) in [7, 11) is 0. The Morgan fingerprint density at radius 1 is 0.725 bits per heavy atom. The Hall–Kier alpha value is -4.35. The number of rotatable bonds is 9. The van der Waals surface area contributed by atoms with Crippen molar-refractivity contribution in [1.29, 1.82) is 0 Å². The fourth-order valence-electron chi connectivity index (χ4n) is 5.18. The van der Waals surface area contributed by atoms with Gasteiger partial charge in [-0.05, 0) is 65.0 Å². The van der Waals surface area contributed by atoms with Gasteiger partial charge in [-0.3, -0.25) is 4.79 Å². The minimum absolute atomic E-state index is 0.172. The van der Waals surface area contributed by atoms with E-state index < -0.39 is 5.97 Å². The number of fused-ring (bicyclic) bond motifs is 2. The number of carboxylic acid groups (broad SMARTS) is 1. The lowest BCUT2D eigenvalue weighted by molar-refractivity contribution is -0.138. The predicted octanol–water partition coefficient (Wildman–Crippen LogP) is 8.30. The molecule has 206 valence electrons. The number of hydrogen-bond acceptors (Lipinski definition) is 4. The second kappa shape index (κ2) is 13.6. The van der Waals surface area contributed by atoms with E-state index in [0.717, 1.165) is 40.9 Å². The van der Waals surface area contributed by atoms with Crippen LogP contribution >= 0.6 is 0 Å². The third-order valence-corrected chi connectivity index (χ3v) is 7.24. The Morgan fingerprint density at radius 3 is 1.73 bits per heavy atom. The van der Waals surface area contributed by atoms with Crippen molar-refractivity contribution in [3.05, 3.63) is 109 Å². The third-order valence-electron chi connectivity index (χ3n) is 7.24. The van der Waals surface area contributed by atoms with Crippen molar-refractivity contribution >= 4 is 27.5 Å². The molecule has 0 radical (unpaired) electrons. The van der Waals surface area contributed by atoms with Crippen LogP contribution in [0.4, 0.5) is 0 Å². The molecule has 0 amide bonds. The molecule has 2 atom stereocenters. The molecule has 5 aromatic carbocycles. The number of carbonyl (C=O) groups is 1. The molecule has 0 saturated heterocycles. The van der Waals surface area contributed by atoms with Crippen LogP contribution < -0.4 is 5.32 Å². The van der Waals surface area contributed by atoms with Crippen molar-refractivity contribution in [2.75, 3.05) is 6.54 Å². The van der Waals surface area contributed by atoms with Gasteiger partial charge >= 0.3 is 5.97 Å². The Labute approximate surface area is 235 Å². The molecule has 5 aromatic rings. The van der Waals surface area contributed by atoms with Gasteiger partial charge in [-0.2, -0.15) is 0 Å². The van der Waals surface area contributed by atoms with Crippen LogP contribution in [0.3, 0.4) is 0 Å². The summed E-state index contributed by atoms with van der Waals surface area (Å²) in [6, 6.07) is 33.3. The van der Waals surface area contributed by atoms with E-state index in [0.29, 0.717) is 11.1 Å². The fraction of sp³-hybridized carbons (Fsp3) is 0.229. The van der Waals surface area contributed by atoms with Crippen LogP contribution in [0, 0.1) is 5.92 Å². The van der Waals surface area contributed by atoms with Crippen molar-refractivity contribution in [3.8, 4) is 22.6 Å². The maximum atomic E-state index is 10.8. The van der Waals surface area contributed by atoms with Gasteiger partial charge in [0.2, 0.25) is 0 Å². The van der Waals surface area contributed by atoms with E-state index in [4.69, 9.17) is 5.11 Å². The fourth-order valence-corrected chi connectivity index (χ4v) is 5.18. The van der Waals surface area contributed by atoms with Gasteiger partial charge < -0.3 is 20.6 Å². The van der Waals surface area contributed by atoms with Gasteiger partial charge in [0.25, 0.3) is 0 Å². The minimum Gasteiger partial charge on any atom is -0.507 e. The Balaban J connectivity index is 0.000000190. The number of benzene rings is 5. The van der Waals surface area contributed by atoms with Gasteiger partial charge in [-0.1, -0.05) is 104 Å². The van der Waals surface area contributed by atoms with E-state index in [1.54, 1.807) is 12.1 Å². The maximum Gasteiger partial charge on any atom is 0.303 e. The molecule has 0 aromatic heterocycles. The Bertz CT molecular complexity index is 1480. The molecule has 0 bridgehead atoms. The van der Waals surface area contributed by atoms with E-state index in [2.05, 4.69) is 31.3 Å². The number of nitrogens with one attached hydrogen (secondary N) is 1. The molecule has 0 fully saturated rings. The molecule has 0 aliphatic carbocycles. The van der Waals surface area contributed by atoms with Crippen LogP contribution in [-0.4, -0.2) is 27.8 Å². The summed E-state index contributed by atoms with van der Waals surface area (Å²) >= 11 is 0. The van der Waals surface area contributed by atoms with Gasteiger partial charge in [-0.25, -0.2) is 0 Å². The van der Waals surface area contributed by atoms with E-state index in [-0.39, 0.29) is 29.9 Å². The maximum absolute atomic E-state index is 10.8. The lowest BCUT2D eigenvalue weighted by Gasteiger charge is -2.19. The molecule has 5 heteroatoms. The van der Waals surface area contributed by atoms with Gasteiger partial charge in [0.1, 0.15) is 11.5 Å². The topological polar surface area (TPSA) is 89.8 Å². The second-order valence-corrected chi connectivity index (χ2v) is 10.2. The lowest BCUT2D eigenvalue weighted by atomic mass is 9.92. The molecule has 0 aliphatic heterocycles. The molecule has 5 rings (SSSR count). The molecular formula is C35H37NO4. The summed E-state index contributed by atoms with van der Waals surface area (Å²) < 4.78 is 0. The third kappa shape index (κ3) is 6.99. The van der Waals surface area contributed by atoms with Crippen LogP contribution in [0.2, 0.25) is 0 Å². The summed E-state index contributed by atoms with van der Waals surface area (Å²) in [5.74, 6) is -0.142. The van der Waals surface area contributed by atoms with Crippen LogP contribution in [0.5, 0.6) is 11.5 Å². The predicted molar refractivity (Wildman–Crippen MR) is 164 cm³/mol. The summed E-state index contributed by atoms with van der Waals surface area (Å²) in [5, 5.41) is 37.1. The van der Waals surface area contributed by atoms with Crippen molar-refractivity contribution < 1.29 is 20.1 Å². The van der Waals surface area contributed by atoms with E-state index >= 15 is 0 Å². The van der Waals surface area contributed by atoms with Gasteiger partial charge in [0.15, 0.2) is 0 Å². The average molecular weight is 536 g/mol. The highest BCUT2D eigenvalue weighted by Gasteiger charge is 2.16. The normalized spacial score (nSPS) is 12.4. The number of phenols is 2. The molecule has 40 heavy (non-hydrogen) atoms. The van der Waals surface area contributed by atoms with Gasteiger partial charge in [-0.15, -0.1) is 0 Å². The zero-order chi connectivity index (χ0) is 28.5. The summed E-state index contributed by atoms with van der Waals surface area (Å²) in [6.45, 7) is 4.96. The van der Waals surface area contributed by atoms with Crippen molar-refractivity contribution in [3.63, 3.8) is 0 Å². The van der Waals surface area contributed by atoms with Crippen LogP contribution in [0.15, 0.2) is 103 Å². The molecule has 0 saturated carbocycles. The molecule has 4 N–H and O–H groups in total. The van der Waals surface area contributed by atoms with Crippen LogP contribution in [0.25, 0.3) is 32.7 Å². The zero-order valence-corrected chi connectivity index (χ0v) is 23.0. The molecule has 0 heterocycles. The molecular weight excluding hydrogens is 498 g/mol. The standard InChI is InChI=1S/C20H14O2.C15H23NO2/c21-17-11-9-13-5-1-3-7-15(13)19(17)20-16-8-4-2-6-14(16)10-12-18(20)22;1-3-7-13(10-15(17)18)11-16-12(2)14-8-5-4-6-9-14/h1-12,21-22H;4-6,8-9,12-13,16H,3,7,10-11H2,1-2H3,(H,17,18)/t;12-,13-/m.0/s1. The highest BCUT2D eigenvalue weighted by atomic mass is 16.4. The highest BCUT2D eigenvalue weighted by molar-refractivity contribution is 6.09. The molecule has 0 unspecified atom stereocenters. The van der Waals surface area contributed by atoms with Gasteiger partial charge in [0.05, 0.1) is 0 Å². The minimum atomic E-state index is -0.706. The first-order valence-electron chi connectivity index (χ1n) is 13.8. The number of phenolic OH excluding ortho intramolecular Hbond substituents is 2. The molecule has 0 aliphatic rings. The van der Waals surface area contributed by atoms with Crippen molar-refractivity contribution in [2.45, 2.75) is 39.2 Å². The number of carboxylic acids is 1. The summed E-state index contributed by atoms with van der Waals surface area (Å²) in [5.41, 5.74) is 2.59. The monoisotopic (exact) mass is 535 g/mol. The highest BCUT2D eigenvalue weighted by Crippen LogP contribution is 2.44. The Kier molecular flexibility index (Phi) is 9.76. The first kappa shape index (κ1) is 28.7. The van der Waals surface area contributed by atoms with Crippen molar-refractivity contribution in [1.82, 2.24) is 5.32 Å². The van der Waals surface area contributed by atoms with Gasteiger partial charge in [0, 0.05) is 23.6 Å². The average Bonchev–Trinajstić information content (AvgIpc) is 2.97. The largest absolute Gasteiger partial charge is 0.507 e. The molecule has 5 nitrogen and oxygen atoms in total. The molecule has 0 spiro atoms. The van der Waals surface area contributed by atoms with E-state index in [1.807, 2.05) is 78.9 Å². The Morgan fingerprint density at radius 2 is 1.23 bits per heavy atom. The smallest absolute Gasteiger partial charge is 0.303 e. The summed E-state index contributed by atoms with van der Waals surface area (Å²) in [4.78, 5) is 10.8. The second-order valence-electron chi connectivity index (χ2n) is 10.2. The zero-order valence-electron chi connectivity index (χ0n) is 23.0. The number of aliphatic carboxylic acids is 1. The van der Waals surface area contributed by atoms with Crippen LogP contribution in [0.1, 0.15) is 44.7 Å². The van der Waals surface area contributed by atoms with E-state index in [1.165, 1.54) is 5.56 Å². The first-order chi connectivity index (χ1) is 19.4.